The quantitative estimate of drug-likeness (QED) is 0.389. The van der Waals surface area contributed by atoms with Crippen LogP contribution in [-0.4, -0.2) is 36.3 Å². The average Bonchev–Trinajstić information content (AvgIpc) is 3.50. The predicted octanol–water partition coefficient (Wildman–Crippen LogP) is 4.31. The molecule has 0 radical (unpaired) electrons. The lowest BCUT2D eigenvalue weighted by Crippen LogP contribution is -2.16. The standard InChI is InChI=1S/C24H24ClN7O2/c1-14(2)34-24-26-7-6-22-30-17(12-32(22)24)11-27-20-10-21(29-13-28-20)31-23(33)19-9-18(19)15-4-3-5-16(25)8-15/h3-8,10,12-14,18-19H,9,11H2,1-2H3,(H2,27,28,29,31,33)/t18-,19+/m1/s1. The molecule has 0 spiro atoms. The van der Waals surface area contributed by atoms with Crippen LogP contribution in [0.1, 0.15) is 37.4 Å². The van der Waals surface area contributed by atoms with Gasteiger partial charge in [-0.05, 0) is 49.9 Å². The van der Waals surface area contributed by atoms with Gasteiger partial charge in [0.2, 0.25) is 5.91 Å². The van der Waals surface area contributed by atoms with E-state index in [1.54, 1.807) is 12.3 Å². The maximum absolute atomic E-state index is 12.7. The first-order valence-corrected chi connectivity index (χ1v) is 11.5. The topological polar surface area (TPSA) is 106 Å². The second-order valence-corrected chi connectivity index (χ2v) is 8.93. The van der Waals surface area contributed by atoms with Crippen molar-refractivity contribution in [3.8, 4) is 6.01 Å². The van der Waals surface area contributed by atoms with Crippen molar-refractivity contribution in [2.24, 2.45) is 5.92 Å². The lowest BCUT2D eigenvalue weighted by Gasteiger charge is -2.09. The molecule has 4 aromatic rings. The molecular weight excluding hydrogens is 454 g/mol. The van der Waals surface area contributed by atoms with Crippen LogP contribution >= 0.6 is 11.6 Å². The summed E-state index contributed by atoms with van der Waals surface area (Å²) >= 11 is 6.08. The first kappa shape index (κ1) is 22.1. The fourth-order valence-corrected chi connectivity index (χ4v) is 4.04. The number of imidazole rings is 1. The van der Waals surface area contributed by atoms with Crippen LogP contribution in [0.3, 0.4) is 0 Å². The lowest BCUT2D eigenvalue weighted by atomic mass is 10.1. The van der Waals surface area contributed by atoms with Gasteiger partial charge >= 0.3 is 6.01 Å². The van der Waals surface area contributed by atoms with Crippen molar-refractivity contribution in [3.63, 3.8) is 0 Å². The predicted molar refractivity (Wildman–Crippen MR) is 129 cm³/mol. The number of nitrogens with zero attached hydrogens (tertiary/aromatic N) is 5. The van der Waals surface area contributed by atoms with Crippen LogP contribution in [-0.2, 0) is 11.3 Å². The van der Waals surface area contributed by atoms with Crippen LogP contribution in [0.5, 0.6) is 6.01 Å². The highest BCUT2D eigenvalue weighted by Crippen LogP contribution is 2.48. The van der Waals surface area contributed by atoms with Crippen LogP contribution in [0.2, 0.25) is 5.02 Å². The number of benzene rings is 1. The molecule has 174 valence electrons. The van der Waals surface area contributed by atoms with Gasteiger partial charge in [0.1, 0.15) is 23.6 Å². The molecule has 5 rings (SSSR count). The van der Waals surface area contributed by atoms with E-state index in [1.165, 1.54) is 6.33 Å². The summed E-state index contributed by atoms with van der Waals surface area (Å²) in [4.78, 5) is 30.0. The average molecular weight is 478 g/mol. The van der Waals surface area contributed by atoms with Gasteiger partial charge in [-0.15, -0.1) is 0 Å². The second-order valence-electron chi connectivity index (χ2n) is 8.49. The monoisotopic (exact) mass is 477 g/mol. The number of ether oxygens (including phenoxy) is 1. The summed E-state index contributed by atoms with van der Waals surface area (Å²) in [7, 11) is 0. The van der Waals surface area contributed by atoms with Crippen molar-refractivity contribution in [3.05, 3.63) is 71.4 Å². The van der Waals surface area contributed by atoms with Gasteiger partial charge in [0.15, 0.2) is 0 Å². The molecule has 9 nitrogen and oxygen atoms in total. The minimum Gasteiger partial charge on any atom is -0.462 e. The van der Waals surface area contributed by atoms with E-state index in [2.05, 4.69) is 30.6 Å². The molecule has 34 heavy (non-hydrogen) atoms. The van der Waals surface area contributed by atoms with Crippen LogP contribution in [0.4, 0.5) is 11.6 Å². The Kier molecular flexibility index (Phi) is 6.02. The van der Waals surface area contributed by atoms with Gasteiger partial charge in [-0.2, -0.15) is 0 Å². The molecule has 1 fully saturated rings. The minimum atomic E-state index is -0.0846. The number of hydrogen-bond donors (Lipinski definition) is 2. The Morgan fingerprint density at radius 1 is 1.21 bits per heavy atom. The Morgan fingerprint density at radius 3 is 2.88 bits per heavy atom. The number of fused-ring (bicyclic) bond motifs is 1. The first-order valence-electron chi connectivity index (χ1n) is 11.1. The molecular formula is C24H24ClN7O2. The summed E-state index contributed by atoms with van der Waals surface area (Å²) in [6.45, 7) is 4.34. The molecule has 0 unspecified atom stereocenters. The Bertz CT molecular complexity index is 1340. The molecule has 1 aliphatic carbocycles. The van der Waals surface area contributed by atoms with Crippen molar-refractivity contribution in [1.82, 2.24) is 24.3 Å². The van der Waals surface area contributed by atoms with Crippen LogP contribution < -0.4 is 15.4 Å². The van der Waals surface area contributed by atoms with E-state index >= 15 is 0 Å². The molecule has 1 aliphatic rings. The van der Waals surface area contributed by atoms with Crippen LogP contribution in [0, 0.1) is 5.92 Å². The SMILES string of the molecule is CC(C)Oc1nccc2nc(CNc3cc(NC(=O)[C@H]4C[C@@H]4c4cccc(Cl)c4)ncn3)cn12. The molecule has 1 saturated carbocycles. The van der Waals surface area contributed by atoms with E-state index in [0.717, 1.165) is 23.3 Å². The minimum absolute atomic E-state index is 0.00753. The van der Waals surface area contributed by atoms with Crippen molar-refractivity contribution in [1.29, 1.82) is 0 Å². The highest BCUT2D eigenvalue weighted by atomic mass is 35.5. The maximum Gasteiger partial charge on any atom is 0.302 e. The number of aromatic nitrogens is 5. The lowest BCUT2D eigenvalue weighted by molar-refractivity contribution is -0.117. The second kappa shape index (κ2) is 9.26. The highest BCUT2D eigenvalue weighted by Gasteiger charge is 2.44. The number of anilines is 2. The van der Waals surface area contributed by atoms with E-state index < -0.39 is 0 Å². The van der Waals surface area contributed by atoms with Crippen molar-refractivity contribution in [2.75, 3.05) is 10.6 Å². The number of rotatable bonds is 8. The highest BCUT2D eigenvalue weighted by molar-refractivity contribution is 6.30. The smallest absolute Gasteiger partial charge is 0.302 e. The third-order valence-electron chi connectivity index (χ3n) is 5.51. The zero-order valence-corrected chi connectivity index (χ0v) is 19.5. The molecule has 2 atom stereocenters. The zero-order chi connectivity index (χ0) is 23.7. The summed E-state index contributed by atoms with van der Waals surface area (Å²) in [5.41, 5.74) is 2.63. The summed E-state index contributed by atoms with van der Waals surface area (Å²) in [6.07, 6.45) is 5.77. The normalized spacial score (nSPS) is 17.1. The number of hydrogen-bond acceptors (Lipinski definition) is 7. The Morgan fingerprint density at radius 2 is 2.06 bits per heavy atom. The molecule has 0 aliphatic heterocycles. The molecule has 2 N–H and O–H groups in total. The third kappa shape index (κ3) is 4.94. The maximum atomic E-state index is 12.7. The molecule has 0 bridgehead atoms. The molecule has 0 saturated heterocycles. The summed E-state index contributed by atoms with van der Waals surface area (Å²) in [6, 6.07) is 11.7. The Hall–Kier alpha value is -3.72. The van der Waals surface area contributed by atoms with E-state index in [1.807, 2.05) is 54.8 Å². The summed E-state index contributed by atoms with van der Waals surface area (Å²) in [5.74, 6) is 1.08. The number of halogens is 1. The fraction of sp³-hybridized carbons (Fsp3) is 0.292. The van der Waals surface area contributed by atoms with Crippen molar-refractivity contribution >= 4 is 34.8 Å². The van der Waals surface area contributed by atoms with Crippen LogP contribution in [0.15, 0.2) is 55.1 Å². The van der Waals surface area contributed by atoms with Crippen molar-refractivity contribution < 1.29 is 9.53 Å². The van der Waals surface area contributed by atoms with Gasteiger partial charge < -0.3 is 15.4 Å². The molecule has 1 amide bonds. The van der Waals surface area contributed by atoms with E-state index in [9.17, 15) is 4.79 Å². The molecule has 10 heteroatoms. The van der Waals surface area contributed by atoms with E-state index in [0.29, 0.717) is 29.2 Å². The summed E-state index contributed by atoms with van der Waals surface area (Å²) < 4.78 is 7.56. The summed E-state index contributed by atoms with van der Waals surface area (Å²) in [5, 5.41) is 6.80. The van der Waals surface area contributed by atoms with Gasteiger partial charge in [0.05, 0.1) is 18.3 Å². The van der Waals surface area contributed by atoms with Crippen LogP contribution in [0.25, 0.3) is 5.65 Å². The number of carbonyl (C=O) groups is 1. The third-order valence-corrected chi connectivity index (χ3v) is 5.75. The first-order chi connectivity index (χ1) is 16.5. The van der Waals surface area contributed by atoms with Gasteiger partial charge in [0, 0.05) is 29.4 Å². The van der Waals surface area contributed by atoms with E-state index in [4.69, 9.17) is 16.3 Å². The Balaban J connectivity index is 1.21. The zero-order valence-electron chi connectivity index (χ0n) is 18.8. The number of carbonyl (C=O) groups excluding carboxylic acids is 1. The van der Waals surface area contributed by atoms with Crippen molar-refractivity contribution in [2.45, 2.75) is 38.8 Å². The largest absolute Gasteiger partial charge is 0.462 e. The van der Waals surface area contributed by atoms with E-state index in [-0.39, 0.29) is 23.8 Å². The van der Waals surface area contributed by atoms with Gasteiger partial charge in [-0.1, -0.05) is 23.7 Å². The van der Waals surface area contributed by atoms with Gasteiger partial charge in [-0.3, -0.25) is 9.20 Å². The van der Waals surface area contributed by atoms with Gasteiger partial charge in [0.25, 0.3) is 0 Å². The Labute approximate surface area is 201 Å². The fourth-order valence-electron chi connectivity index (χ4n) is 3.84. The number of amides is 1. The molecule has 1 aromatic carbocycles. The molecule has 3 aromatic heterocycles. The number of nitrogens with one attached hydrogen (secondary N) is 2. The van der Waals surface area contributed by atoms with Gasteiger partial charge in [-0.25, -0.2) is 19.9 Å². The molecule has 3 heterocycles.